The van der Waals surface area contributed by atoms with Gasteiger partial charge in [0.05, 0.1) is 6.04 Å². The molecule has 2 aliphatic rings. The molecule has 3 atom stereocenters. The molecule has 0 aromatic heterocycles. The van der Waals surface area contributed by atoms with Crippen LogP contribution in [0.5, 0.6) is 0 Å². The Labute approximate surface area is 101 Å². The number of amides is 2. The normalized spacial score (nSPS) is 33.2. The zero-order chi connectivity index (χ0) is 12.3. The van der Waals surface area contributed by atoms with Crippen molar-refractivity contribution in [3.05, 3.63) is 0 Å². The molecule has 2 aliphatic heterocycles. The predicted molar refractivity (Wildman–Crippen MR) is 63.4 cm³/mol. The number of piperazine rings is 1. The lowest BCUT2D eigenvalue weighted by molar-refractivity contribution is -0.124. The quantitative estimate of drug-likeness (QED) is 0.475. The van der Waals surface area contributed by atoms with Crippen LogP contribution in [-0.2, 0) is 9.59 Å². The average Bonchev–Trinajstić information content (AvgIpc) is 2.73. The molecule has 6 nitrogen and oxygen atoms in total. The van der Waals surface area contributed by atoms with Crippen molar-refractivity contribution in [2.45, 2.75) is 37.9 Å². The minimum Gasteiger partial charge on any atom is -0.353 e. The van der Waals surface area contributed by atoms with E-state index in [4.69, 9.17) is 0 Å². The lowest BCUT2D eigenvalue weighted by Crippen LogP contribution is -2.59. The second kappa shape index (κ2) is 5.46. The van der Waals surface area contributed by atoms with Gasteiger partial charge in [0.2, 0.25) is 11.8 Å². The highest BCUT2D eigenvalue weighted by atomic mass is 16.2. The Hall–Kier alpha value is -1.14. The molecule has 2 heterocycles. The molecule has 2 saturated heterocycles. The second-order valence-electron chi connectivity index (χ2n) is 4.82. The maximum atomic E-state index is 11.8. The largest absolute Gasteiger partial charge is 0.353 e. The summed E-state index contributed by atoms with van der Waals surface area (Å²) in [7, 11) is 0. The molecular weight excluding hydrogens is 220 g/mol. The molecule has 17 heavy (non-hydrogen) atoms. The van der Waals surface area contributed by atoms with Crippen LogP contribution in [0.25, 0.3) is 0 Å². The summed E-state index contributed by atoms with van der Waals surface area (Å²) in [5.41, 5.74) is 0. The zero-order valence-electron chi connectivity index (χ0n) is 10.1. The summed E-state index contributed by atoms with van der Waals surface area (Å²) in [6.07, 6.45) is 1.38. The monoisotopic (exact) mass is 240 g/mol. The topological polar surface area (TPSA) is 82.3 Å². The van der Waals surface area contributed by atoms with Gasteiger partial charge in [-0.05, 0) is 13.3 Å². The van der Waals surface area contributed by atoms with Crippen molar-refractivity contribution >= 4 is 11.8 Å². The number of hydrogen-bond donors (Lipinski definition) is 4. The molecule has 0 aromatic rings. The lowest BCUT2D eigenvalue weighted by atomic mass is 10.1. The maximum absolute atomic E-state index is 11.8. The van der Waals surface area contributed by atoms with Gasteiger partial charge in [-0.25, -0.2) is 0 Å². The molecule has 2 rings (SSSR count). The Balaban J connectivity index is 1.68. The zero-order valence-corrected chi connectivity index (χ0v) is 10.1. The van der Waals surface area contributed by atoms with Crippen molar-refractivity contribution in [1.82, 2.24) is 21.3 Å². The fourth-order valence-electron chi connectivity index (χ4n) is 2.15. The molecule has 0 aromatic carbocycles. The highest BCUT2D eigenvalue weighted by Gasteiger charge is 2.25. The molecule has 0 radical (unpaired) electrons. The molecule has 0 saturated carbocycles. The van der Waals surface area contributed by atoms with Crippen LogP contribution in [0.1, 0.15) is 19.8 Å². The van der Waals surface area contributed by atoms with Crippen LogP contribution in [-0.4, -0.2) is 49.6 Å². The van der Waals surface area contributed by atoms with Gasteiger partial charge >= 0.3 is 0 Å². The molecule has 0 aliphatic carbocycles. The SMILES string of the molecule is CC1CNC(C(=O)NCC2CCC(=O)N2)CN1. The van der Waals surface area contributed by atoms with Crippen molar-refractivity contribution in [2.24, 2.45) is 0 Å². The standard InChI is InChI=1S/C11H20N4O2/c1-7-4-13-9(6-12-7)11(17)14-5-8-2-3-10(16)15-8/h7-9,12-13H,2-6H2,1H3,(H,14,17)(H,15,16). The van der Waals surface area contributed by atoms with Gasteiger partial charge in [0.15, 0.2) is 0 Å². The molecule has 0 spiro atoms. The van der Waals surface area contributed by atoms with E-state index in [0.29, 0.717) is 25.6 Å². The van der Waals surface area contributed by atoms with Gasteiger partial charge in [-0.15, -0.1) is 0 Å². The van der Waals surface area contributed by atoms with E-state index < -0.39 is 0 Å². The third-order valence-corrected chi connectivity index (χ3v) is 3.27. The van der Waals surface area contributed by atoms with Gasteiger partial charge in [0, 0.05) is 38.1 Å². The van der Waals surface area contributed by atoms with Gasteiger partial charge in [-0.3, -0.25) is 9.59 Å². The minimum atomic E-state index is -0.164. The molecule has 2 amide bonds. The van der Waals surface area contributed by atoms with Crippen LogP contribution in [0.15, 0.2) is 0 Å². The first-order valence-corrected chi connectivity index (χ1v) is 6.19. The molecule has 4 N–H and O–H groups in total. The first-order valence-electron chi connectivity index (χ1n) is 6.19. The van der Waals surface area contributed by atoms with Crippen molar-refractivity contribution in [3.8, 4) is 0 Å². The summed E-state index contributed by atoms with van der Waals surface area (Å²) in [6, 6.07) is 0.346. The maximum Gasteiger partial charge on any atom is 0.238 e. The van der Waals surface area contributed by atoms with Gasteiger partial charge < -0.3 is 21.3 Å². The number of carbonyl (C=O) groups excluding carboxylic acids is 2. The minimum absolute atomic E-state index is 0.00514. The van der Waals surface area contributed by atoms with Crippen LogP contribution in [0.4, 0.5) is 0 Å². The highest BCUT2D eigenvalue weighted by molar-refractivity contribution is 5.82. The Morgan fingerprint density at radius 1 is 1.41 bits per heavy atom. The number of hydrogen-bond acceptors (Lipinski definition) is 4. The van der Waals surface area contributed by atoms with Gasteiger partial charge in [-0.2, -0.15) is 0 Å². The molecule has 96 valence electrons. The summed E-state index contributed by atoms with van der Waals surface area (Å²) in [6.45, 7) is 4.07. The van der Waals surface area contributed by atoms with E-state index in [1.54, 1.807) is 0 Å². The van der Waals surface area contributed by atoms with E-state index in [2.05, 4.69) is 28.2 Å². The summed E-state index contributed by atoms with van der Waals surface area (Å²) >= 11 is 0. The highest BCUT2D eigenvalue weighted by Crippen LogP contribution is 2.05. The summed E-state index contributed by atoms with van der Waals surface area (Å²) in [5.74, 6) is 0.0843. The van der Waals surface area contributed by atoms with Crippen LogP contribution in [0, 0.1) is 0 Å². The van der Waals surface area contributed by atoms with Crippen molar-refractivity contribution < 1.29 is 9.59 Å². The Kier molecular flexibility index (Phi) is 3.96. The van der Waals surface area contributed by atoms with Crippen LogP contribution >= 0.6 is 0 Å². The molecule has 0 bridgehead atoms. The van der Waals surface area contributed by atoms with Crippen LogP contribution < -0.4 is 21.3 Å². The van der Waals surface area contributed by atoms with E-state index in [9.17, 15) is 9.59 Å². The third-order valence-electron chi connectivity index (χ3n) is 3.27. The smallest absolute Gasteiger partial charge is 0.238 e. The summed E-state index contributed by atoms with van der Waals surface area (Å²) in [4.78, 5) is 22.8. The van der Waals surface area contributed by atoms with Gasteiger partial charge in [-0.1, -0.05) is 0 Å². The molecule has 3 unspecified atom stereocenters. The number of carbonyl (C=O) groups is 2. The molecule has 2 fully saturated rings. The Morgan fingerprint density at radius 2 is 2.24 bits per heavy atom. The third kappa shape index (κ3) is 3.41. The fourth-order valence-corrected chi connectivity index (χ4v) is 2.15. The Morgan fingerprint density at radius 3 is 2.82 bits per heavy atom. The number of rotatable bonds is 3. The van der Waals surface area contributed by atoms with E-state index in [0.717, 1.165) is 13.0 Å². The fraction of sp³-hybridized carbons (Fsp3) is 0.818. The van der Waals surface area contributed by atoms with Crippen molar-refractivity contribution in [3.63, 3.8) is 0 Å². The van der Waals surface area contributed by atoms with Crippen molar-refractivity contribution in [1.29, 1.82) is 0 Å². The van der Waals surface area contributed by atoms with E-state index in [1.807, 2.05) is 0 Å². The molecular formula is C11H20N4O2. The summed E-state index contributed by atoms with van der Waals surface area (Å²) in [5, 5.41) is 12.1. The Bertz CT molecular complexity index is 300. The summed E-state index contributed by atoms with van der Waals surface area (Å²) < 4.78 is 0. The van der Waals surface area contributed by atoms with Gasteiger partial charge in [0.25, 0.3) is 0 Å². The molecule has 6 heteroatoms. The van der Waals surface area contributed by atoms with E-state index in [-0.39, 0.29) is 23.9 Å². The van der Waals surface area contributed by atoms with Crippen LogP contribution in [0.3, 0.4) is 0 Å². The van der Waals surface area contributed by atoms with Crippen molar-refractivity contribution in [2.75, 3.05) is 19.6 Å². The van der Waals surface area contributed by atoms with Crippen LogP contribution in [0.2, 0.25) is 0 Å². The second-order valence-corrected chi connectivity index (χ2v) is 4.82. The van der Waals surface area contributed by atoms with E-state index >= 15 is 0 Å². The first-order chi connectivity index (χ1) is 8.15. The first kappa shape index (κ1) is 12.3. The lowest BCUT2D eigenvalue weighted by Gasteiger charge is -2.28. The van der Waals surface area contributed by atoms with Gasteiger partial charge in [0.1, 0.15) is 0 Å². The average molecular weight is 240 g/mol. The number of nitrogens with one attached hydrogen (secondary N) is 4. The predicted octanol–water partition coefficient (Wildman–Crippen LogP) is -1.67. The van der Waals surface area contributed by atoms with E-state index in [1.165, 1.54) is 0 Å².